The zero-order chi connectivity index (χ0) is 13.5. The van der Waals surface area contributed by atoms with Gasteiger partial charge < -0.3 is 14.9 Å². The van der Waals surface area contributed by atoms with Gasteiger partial charge in [0, 0.05) is 12.3 Å². The molecule has 0 bridgehead atoms. The molecule has 1 saturated heterocycles. The predicted molar refractivity (Wildman–Crippen MR) is 58.0 cm³/mol. The van der Waals surface area contributed by atoms with Crippen molar-refractivity contribution in [3.63, 3.8) is 0 Å². The van der Waals surface area contributed by atoms with E-state index in [0.717, 1.165) is 12.3 Å². The Morgan fingerprint density at radius 3 is 2.78 bits per heavy atom. The first-order valence-corrected chi connectivity index (χ1v) is 5.39. The summed E-state index contributed by atoms with van der Waals surface area (Å²) in [6.07, 6.45) is -3.70. The maximum Gasteiger partial charge on any atom is 0.330 e. The van der Waals surface area contributed by atoms with Gasteiger partial charge in [-0.2, -0.15) is 0 Å². The van der Waals surface area contributed by atoms with Gasteiger partial charge in [0.1, 0.15) is 12.2 Å². The smallest absolute Gasteiger partial charge is 0.330 e. The van der Waals surface area contributed by atoms with Crippen LogP contribution in [0.3, 0.4) is 0 Å². The van der Waals surface area contributed by atoms with Crippen molar-refractivity contribution in [3.8, 4) is 0 Å². The fourth-order valence-electron chi connectivity index (χ4n) is 1.73. The van der Waals surface area contributed by atoms with Gasteiger partial charge in [0.05, 0.1) is 6.61 Å². The monoisotopic (exact) mass is 280 g/mol. The number of nitrogens with zero attached hydrogens (tertiary/aromatic N) is 1. The first-order valence-electron chi connectivity index (χ1n) is 5.01. The molecule has 100 valence electrons. The lowest BCUT2D eigenvalue weighted by atomic mass is 10.1. The molecule has 0 amide bonds. The average Bonchev–Trinajstić information content (AvgIpc) is 2.52. The second-order valence-corrected chi connectivity index (χ2v) is 4.43. The highest BCUT2D eigenvalue weighted by molar-refractivity contribution is 6.23. The Kier molecular flexibility index (Phi) is 3.28. The summed E-state index contributed by atoms with van der Waals surface area (Å²) in [7, 11) is 0. The summed E-state index contributed by atoms with van der Waals surface area (Å²) in [6.45, 7) is -0.659. The van der Waals surface area contributed by atoms with Gasteiger partial charge in [-0.05, 0) is 0 Å². The van der Waals surface area contributed by atoms with Gasteiger partial charge >= 0.3 is 5.69 Å². The third kappa shape index (κ3) is 1.97. The highest BCUT2D eigenvalue weighted by Crippen LogP contribution is 2.43. The van der Waals surface area contributed by atoms with Crippen LogP contribution in [0.1, 0.15) is 6.23 Å². The molecule has 2 rings (SSSR count). The molecular formula is C9H10ClFN2O5. The third-order valence-electron chi connectivity index (χ3n) is 2.66. The highest BCUT2D eigenvalue weighted by atomic mass is 35.5. The van der Waals surface area contributed by atoms with Crippen LogP contribution in [-0.2, 0) is 4.74 Å². The molecule has 1 aromatic heterocycles. The van der Waals surface area contributed by atoms with E-state index in [9.17, 15) is 19.1 Å². The number of aliphatic hydroxyl groups is 2. The zero-order valence-electron chi connectivity index (χ0n) is 8.92. The number of ether oxygens (including phenoxy) is 1. The van der Waals surface area contributed by atoms with Crippen LogP contribution in [-0.4, -0.2) is 43.7 Å². The van der Waals surface area contributed by atoms with Gasteiger partial charge in [0.2, 0.25) is 0 Å². The molecule has 3 N–H and O–H groups in total. The molecule has 0 aliphatic carbocycles. The molecule has 7 nitrogen and oxygen atoms in total. The van der Waals surface area contributed by atoms with E-state index in [2.05, 4.69) is 0 Å². The lowest BCUT2D eigenvalue weighted by Crippen LogP contribution is -2.41. The SMILES string of the molecule is O=c1ccn([C@H]2O[C@H](CO)[C@H](O)C2(F)Cl)c(=O)[nH]1. The number of nitrogens with one attached hydrogen (secondary N) is 1. The number of rotatable bonds is 2. The van der Waals surface area contributed by atoms with Crippen molar-refractivity contribution in [2.75, 3.05) is 6.61 Å². The van der Waals surface area contributed by atoms with Crippen molar-refractivity contribution in [2.24, 2.45) is 0 Å². The molecule has 2 heterocycles. The number of hydrogen-bond donors (Lipinski definition) is 3. The van der Waals surface area contributed by atoms with Crippen LogP contribution in [0.15, 0.2) is 21.9 Å². The number of aromatic nitrogens is 2. The molecule has 1 aliphatic heterocycles. The van der Waals surface area contributed by atoms with E-state index in [0.29, 0.717) is 4.57 Å². The standard InChI is InChI=1S/C9H10ClFN2O5/c10-9(11)6(16)4(3-14)18-7(9)13-2-1-5(15)12-8(13)17/h1-2,4,6-7,14,16H,3H2,(H,12,15,17)/t4-,6+,7+,9?/m1/s1. The van der Waals surface area contributed by atoms with Crippen LogP contribution < -0.4 is 11.2 Å². The summed E-state index contributed by atoms with van der Waals surface area (Å²) in [5.41, 5.74) is -1.59. The van der Waals surface area contributed by atoms with Gasteiger partial charge in [0.25, 0.3) is 10.7 Å². The lowest BCUT2D eigenvalue weighted by Gasteiger charge is -2.22. The Balaban J connectivity index is 2.45. The molecule has 0 spiro atoms. The summed E-state index contributed by atoms with van der Waals surface area (Å²) in [6, 6.07) is 0.983. The molecule has 1 aliphatic rings. The molecule has 1 unspecified atom stereocenters. The van der Waals surface area contributed by atoms with E-state index in [1.54, 1.807) is 0 Å². The highest BCUT2D eigenvalue weighted by Gasteiger charge is 2.57. The van der Waals surface area contributed by atoms with E-state index in [4.69, 9.17) is 21.4 Å². The fraction of sp³-hybridized carbons (Fsp3) is 0.556. The third-order valence-corrected chi connectivity index (χ3v) is 3.07. The minimum Gasteiger partial charge on any atom is -0.394 e. The van der Waals surface area contributed by atoms with Crippen LogP contribution >= 0.6 is 11.6 Å². The van der Waals surface area contributed by atoms with Gasteiger partial charge in [-0.25, -0.2) is 9.18 Å². The van der Waals surface area contributed by atoms with Crippen molar-refractivity contribution in [1.82, 2.24) is 9.55 Å². The number of halogens is 2. The minimum absolute atomic E-state index is 0.659. The van der Waals surface area contributed by atoms with Gasteiger partial charge in [0.15, 0.2) is 6.23 Å². The van der Waals surface area contributed by atoms with E-state index >= 15 is 0 Å². The molecule has 1 fully saturated rings. The van der Waals surface area contributed by atoms with Crippen molar-refractivity contribution >= 4 is 11.6 Å². The number of alkyl halides is 2. The second kappa shape index (κ2) is 4.47. The predicted octanol–water partition coefficient (Wildman–Crippen LogP) is -1.31. The van der Waals surface area contributed by atoms with E-state index < -0.39 is 41.4 Å². The van der Waals surface area contributed by atoms with E-state index in [1.807, 2.05) is 4.98 Å². The van der Waals surface area contributed by atoms with Crippen molar-refractivity contribution in [1.29, 1.82) is 0 Å². The average molecular weight is 281 g/mol. The van der Waals surface area contributed by atoms with Gasteiger partial charge in [-0.15, -0.1) is 0 Å². The van der Waals surface area contributed by atoms with Crippen molar-refractivity contribution < 1.29 is 19.3 Å². The first-order chi connectivity index (χ1) is 8.37. The summed E-state index contributed by atoms with van der Waals surface area (Å²) in [5, 5.41) is 15.6. The molecule has 9 heteroatoms. The molecular weight excluding hydrogens is 271 g/mol. The maximum atomic E-state index is 14.1. The summed E-state index contributed by atoms with van der Waals surface area (Å²) in [5.74, 6) is 0. The Hall–Kier alpha value is -1.22. The summed E-state index contributed by atoms with van der Waals surface area (Å²) in [4.78, 5) is 24.3. The Morgan fingerprint density at radius 1 is 1.61 bits per heavy atom. The molecule has 1 aromatic rings. The Morgan fingerprint density at radius 2 is 2.28 bits per heavy atom. The van der Waals surface area contributed by atoms with Gasteiger partial charge in [-0.1, -0.05) is 11.6 Å². The number of aliphatic hydroxyl groups excluding tert-OH is 2. The van der Waals surface area contributed by atoms with Crippen LogP contribution in [0.2, 0.25) is 0 Å². The van der Waals surface area contributed by atoms with E-state index in [1.165, 1.54) is 0 Å². The second-order valence-electron chi connectivity index (χ2n) is 3.85. The van der Waals surface area contributed by atoms with Gasteiger partial charge in [-0.3, -0.25) is 14.3 Å². The largest absolute Gasteiger partial charge is 0.394 e. The lowest BCUT2D eigenvalue weighted by molar-refractivity contribution is -0.0518. The molecule has 0 radical (unpaired) electrons. The molecule has 0 aromatic carbocycles. The summed E-state index contributed by atoms with van der Waals surface area (Å²) < 4.78 is 19.8. The number of aromatic amines is 1. The van der Waals surface area contributed by atoms with Crippen molar-refractivity contribution in [2.45, 2.75) is 23.6 Å². The van der Waals surface area contributed by atoms with Crippen LogP contribution in [0.5, 0.6) is 0 Å². The molecule has 4 atom stereocenters. The van der Waals surface area contributed by atoms with Crippen LogP contribution in [0, 0.1) is 0 Å². The quantitative estimate of drug-likeness (QED) is 0.584. The summed E-state index contributed by atoms with van der Waals surface area (Å²) >= 11 is 5.50. The van der Waals surface area contributed by atoms with Crippen LogP contribution in [0.25, 0.3) is 0 Å². The first kappa shape index (κ1) is 13.2. The maximum absolute atomic E-state index is 14.1. The van der Waals surface area contributed by atoms with E-state index in [-0.39, 0.29) is 0 Å². The Labute approximate surface area is 104 Å². The zero-order valence-corrected chi connectivity index (χ0v) is 9.67. The minimum atomic E-state index is -2.78. The fourth-order valence-corrected chi connectivity index (χ4v) is 2.03. The topological polar surface area (TPSA) is 105 Å². The van der Waals surface area contributed by atoms with Crippen molar-refractivity contribution in [3.05, 3.63) is 33.1 Å². The normalized spacial score (nSPS) is 35.9. The Bertz CT molecular complexity index is 556. The number of H-pyrrole nitrogens is 1. The van der Waals surface area contributed by atoms with Crippen LogP contribution in [0.4, 0.5) is 4.39 Å². The molecule has 18 heavy (non-hydrogen) atoms. The number of hydrogen-bond acceptors (Lipinski definition) is 5. The molecule has 0 saturated carbocycles.